The molecular weight excluding hydrogens is 478 g/mol. The van der Waals surface area contributed by atoms with Gasteiger partial charge in [0.25, 0.3) is 0 Å². The van der Waals surface area contributed by atoms with E-state index in [1.807, 2.05) is 59.5 Å². The van der Waals surface area contributed by atoms with Crippen molar-refractivity contribution in [1.29, 1.82) is 0 Å². The summed E-state index contributed by atoms with van der Waals surface area (Å²) in [5.74, 6) is 2.04. The Hall–Kier alpha value is -3.45. The van der Waals surface area contributed by atoms with Crippen LogP contribution in [0.25, 0.3) is 11.3 Å². The summed E-state index contributed by atoms with van der Waals surface area (Å²) in [6.45, 7) is 2.65. The molecule has 1 saturated heterocycles. The van der Waals surface area contributed by atoms with Crippen LogP contribution in [0.4, 0.5) is 5.69 Å². The lowest BCUT2D eigenvalue weighted by Crippen LogP contribution is -2.50. The quantitative estimate of drug-likeness (QED) is 0.506. The van der Waals surface area contributed by atoms with Gasteiger partial charge in [0.1, 0.15) is 22.9 Å². The molecule has 1 spiro atoms. The molecule has 0 unspecified atom stereocenters. The molecular formula is C28H30ClN3O4. The highest BCUT2D eigenvalue weighted by Gasteiger charge is 2.40. The van der Waals surface area contributed by atoms with Crippen molar-refractivity contribution in [2.75, 3.05) is 24.5 Å². The molecule has 5 rings (SSSR count). The molecule has 36 heavy (non-hydrogen) atoms. The number of hydrogen-bond acceptors (Lipinski definition) is 5. The van der Waals surface area contributed by atoms with Crippen molar-refractivity contribution in [1.82, 2.24) is 4.90 Å². The number of piperidine rings is 1. The van der Waals surface area contributed by atoms with Gasteiger partial charge in [-0.05, 0) is 36.4 Å². The number of para-hydroxylation sites is 2. The number of likely N-dealkylation sites (tertiary alicyclic amines) is 1. The van der Waals surface area contributed by atoms with E-state index in [-0.39, 0.29) is 24.3 Å². The van der Waals surface area contributed by atoms with E-state index in [4.69, 9.17) is 26.5 Å². The zero-order valence-corrected chi connectivity index (χ0v) is 20.9. The van der Waals surface area contributed by atoms with Gasteiger partial charge in [0.2, 0.25) is 11.8 Å². The third-order valence-corrected chi connectivity index (χ3v) is 7.33. The van der Waals surface area contributed by atoms with E-state index < -0.39 is 5.91 Å². The molecule has 2 aliphatic heterocycles. The number of nitrogens with zero attached hydrogens (tertiary/aromatic N) is 2. The molecule has 2 aromatic carbocycles. The van der Waals surface area contributed by atoms with Gasteiger partial charge in [-0.2, -0.15) is 0 Å². The number of rotatable bonds is 6. The standard InChI is InChI=1S/C28H30ClN3O4/c29-21-5-3-4-20(18-21)24-9-8-22(35-24)19-32-17-14-28(36-25-7-2-1-6-23(25)32)12-15-31(16-13-28)27(34)11-10-26(30)33/h1-9,18H,10-17,19H2,(H2,30,33). The van der Waals surface area contributed by atoms with E-state index in [0.29, 0.717) is 24.7 Å². The van der Waals surface area contributed by atoms with Crippen LogP contribution in [-0.2, 0) is 16.1 Å². The number of furan rings is 1. The first-order valence-corrected chi connectivity index (χ1v) is 12.7. The summed E-state index contributed by atoms with van der Waals surface area (Å²) < 4.78 is 12.9. The second-order valence-electron chi connectivity index (χ2n) is 9.55. The van der Waals surface area contributed by atoms with E-state index in [1.165, 1.54) is 0 Å². The highest BCUT2D eigenvalue weighted by molar-refractivity contribution is 6.30. The largest absolute Gasteiger partial charge is 0.485 e. The predicted octanol–water partition coefficient (Wildman–Crippen LogP) is 5.02. The summed E-state index contributed by atoms with van der Waals surface area (Å²) >= 11 is 6.15. The van der Waals surface area contributed by atoms with Crippen molar-refractivity contribution in [3.63, 3.8) is 0 Å². The monoisotopic (exact) mass is 507 g/mol. The van der Waals surface area contributed by atoms with Crippen LogP contribution in [0.5, 0.6) is 5.75 Å². The highest BCUT2D eigenvalue weighted by atomic mass is 35.5. The van der Waals surface area contributed by atoms with Crippen LogP contribution in [0.1, 0.15) is 37.9 Å². The van der Waals surface area contributed by atoms with Crippen LogP contribution in [0, 0.1) is 0 Å². The fourth-order valence-electron chi connectivity index (χ4n) is 5.06. The predicted molar refractivity (Wildman–Crippen MR) is 139 cm³/mol. The van der Waals surface area contributed by atoms with Gasteiger partial charge in [-0.3, -0.25) is 9.59 Å². The molecule has 3 aromatic rings. The Balaban J connectivity index is 1.29. The number of benzene rings is 2. The lowest BCUT2D eigenvalue weighted by molar-refractivity contribution is -0.136. The Labute approximate surface area is 215 Å². The second-order valence-corrected chi connectivity index (χ2v) is 9.98. The number of amides is 2. The van der Waals surface area contributed by atoms with Crippen LogP contribution in [-0.4, -0.2) is 41.9 Å². The van der Waals surface area contributed by atoms with E-state index in [0.717, 1.165) is 54.3 Å². The summed E-state index contributed by atoms with van der Waals surface area (Å²) in [4.78, 5) is 27.6. The third-order valence-electron chi connectivity index (χ3n) is 7.10. The number of carbonyl (C=O) groups is 2. The number of nitrogens with two attached hydrogens (primary N) is 1. The molecule has 188 valence electrons. The van der Waals surface area contributed by atoms with E-state index in [1.54, 1.807) is 0 Å². The average Bonchev–Trinajstić information content (AvgIpc) is 3.29. The Bertz CT molecular complexity index is 1250. The Morgan fingerprint density at radius 1 is 0.944 bits per heavy atom. The van der Waals surface area contributed by atoms with Crippen molar-refractivity contribution in [3.8, 4) is 17.1 Å². The minimum Gasteiger partial charge on any atom is -0.485 e. The van der Waals surface area contributed by atoms with E-state index >= 15 is 0 Å². The van der Waals surface area contributed by atoms with Crippen LogP contribution in [0.2, 0.25) is 5.02 Å². The normalized spacial score (nSPS) is 16.8. The average molecular weight is 508 g/mol. The minimum absolute atomic E-state index is 0.0207. The summed E-state index contributed by atoms with van der Waals surface area (Å²) in [6.07, 6.45) is 2.59. The van der Waals surface area contributed by atoms with Gasteiger partial charge in [0.15, 0.2) is 0 Å². The molecule has 0 radical (unpaired) electrons. The van der Waals surface area contributed by atoms with E-state index in [9.17, 15) is 9.59 Å². The van der Waals surface area contributed by atoms with Gasteiger partial charge < -0.3 is 24.7 Å². The molecule has 1 aromatic heterocycles. The summed E-state index contributed by atoms with van der Waals surface area (Å²) in [6, 6.07) is 19.7. The summed E-state index contributed by atoms with van der Waals surface area (Å²) in [5, 5.41) is 0.676. The Kier molecular flexibility index (Phi) is 6.92. The van der Waals surface area contributed by atoms with Crippen molar-refractivity contribution >= 4 is 29.1 Å². The van der Waals surface area contributed by atoms with Crippen LogP contribution < -0.4 is 15.4 Å². The molecule has 3 heterocycles. The zero-order valence-electron chi connectivity index (χ0n) is 20.1. The molecule has 7 nitrogen and oxygen atoms in total. The van der Waals surface area contributed by atoms with Gasteiger partial charge in [-0.15, -0.1) is 0 Å². The SMILES string of the molecule is NC(=O)CCC(=O)N1CCC2(CC1)CCN(Cc1ccc(-c3cccc(Cl)c3)o1)c1ccccc1O2. The van der Waals surface area contributed by atoms with Crippen molar-refractivity contribution in [2.45, 2.75) is 44.2 Å². The number of hydrogen-bond donors (Lipinski definition) is 1. The van der Waals surface area contributed by atoms with Crippen LogP contribution in [0.15, 0.2) is 65.1 Å². The molecule has 2 N–H and O–H groups in total. The first-order chi connectivity index (χ1) is 17.4. The molecule has 2 aliphatic rings. The first-order valence-electron chi connectivity index (χ1n) is 12.3. The maximum atomic E-state index is 12.5. The van der Waals surface area contributed by atoms with Crippen molar-refractivity contribution in [3.05, 3.63) is 71.4 Å². The Morgan fingerprint density at radius 3 is 2.50 bits per heavy atom. The zero-order chi connectivity index (χ0) is 25.1. The minimum atomic E-state index is -0.447. The number of anilines is 1. The molecule has 8 heteroatoms. The summed E-state index contributed by atoms with van der Waals surface area (Å²) in [7, 11) is 0. The van der Waals surface area contributed by atoms with Crippen molar-refractivity contribution < 1.29 is 18.7 Å². The van der Waals surface area contributed by atoms with Gasteiger partial charge in [-0.25, -0.2) is 0 Å². The van der Waals surface area contributed by atoms with Crippen LogP contribution >= 0.6 is 11.6 Å². The smallest absolute Gasteiger partial charge is 0.223 e. The second kappa shape index (κ2) is 10.3. The number of carbonyl (C=O) groups excluding carboxylic acids is 2. The van der Waals surface area contributed by atoms with Crippen LogP contribution in [0.3, 0.4) is 0 Å². The molecule has 0 atom stereocenters. The molecule has 0 bridgehead atoms. The third kappa shape index (κ3) is 5.36. The maximum Gasteiger partial charge on any atom is 0.223 e. The number of ether oxygens (including phenoxy) is 1. The number of primary amides is 1. The number of fused-ring (bicyclic) bond motifs is 1. The topological polar surface area (TPSA) is 89.0 Å². The molecule has 1 fully saturated rings. The fraction of sp³-hybridized carbons (Fsp3) is 0.357. The van der Waals surface area contributed by atoms with Crippen molar-refractivity contribution in [2.24, 2.45) is 5.73 Å². The Morgan fingerprint density at radius 2 is 1.72 bits per heavy atom. The van der Waals surface area contributed by atoms with Gasteiger partial charge in [-0.1, -0.05) is 35.9 Å². The molecule has 0 saturated carbocycles. The maximum absolute atomic E-state index is 12.5. The fourth-order valence-corrected chi connectivity index (χ4v) is 5.25. The van der Waals surface area contributed by atoms with Gasteiger partial charge in [0.05, 0.1) is 12.2 Å². The highest BCUT2D eigenvalue weighted by Crippen LogP contribution is 2.41. The molecule has 2 amide bonds. The van der Waals surface area contributed by atoms with Gasteiger partial charge in [0, 0.05) is 62.3 Å². The first kappa shape index (κ1) is 24.3. The van der Waals surface area contributed by atoms with Gasteiger partial charge >= 0.3 is 0 Å². The number of halogens is 1. The lowest BCUT2D eigenvalue weighted by atomic mass is 9.87. The van der Waals surface area contributed by atoms with E-state index in [2.05, 4.69) is 11.0 Å². The summed E-state index contributed by atoms with van der Waals surface area (Å²) in [5.41, 5.74) is 6.86. The molecule has 0 aliphatic carbocycles. The lowest BCUT2D eigenvalue weighted by Gasteiger charge is -2.41.